The maximum Gasteiger partial charge on any atom is 0.411 e. The van der Waals surface area contributed by atoms with Gasteiger partial charge in [-0.1, -0.05) is 28.1 Å². The molecule has 0 radical (unpaired) electrons. The van der Waals surface area contributed by atoms with Crippen LogP contribution in [0.3, 0.4) is 0 Å². The summed E-state index contributed by atoms with van der Waals surface area (Å²) >= 11 is 3.40. The van der Waals surface area contributed by atoms with Gasteiger partial charge in [-0.05, 0) is 64.7 Å². The van der Waals surface area contributed by atoms with Crippen LogP contribution in [0, 0.1) is 5.41 Å². The summed E-state index contributed by atoms with van der Waals surface area (Å²) in [7, 11) is 0. The van der Waals surface area contributed by atoms with E-state index < -0.39 is 28.6 Å². The zero-order valence-electron chi connectivity index (χ0n) is 16.8. The van der Waals surface area contributed by atoms with Gasteiger partial charge in [-0.25, -0.2) is 4.79 Å². The second kappa shape index (κ2) is 8.23. The summed E-state index contributed by atoms with van der Waals surface area (Å²) in [5, 5.41) is 10.3. The largest absolute Gasteiger partial charge is 0.481 e. The van der Waals surface area contributed by atoms with Crippen molar-refractivity contribution in [3.8, 4) is 0 Å². The molecule has 0 heterocycles. The van der Waals surface area contributed by atoms with Crippen molar-refractivity contribution in [3.05, 3.63) is 34.3 Å². The van der Waals surface area contributed by atoms with E-state index >= 15 is 0 Å². The van der Waals surface area contributed by atoms with E-state index in [4.69, 9.17) is 4.74 Å². The van der Waals surface area contributed by atoms with Gasteiger partial charge in [-0.3, -0.25) is 9.69 Å². The third-order valence-electron chi connectivity index (χ3n) is 5.49. The molecule has 1 saturated carbocycles. The second-order valence-corrected chi connectivity index (χ2v) is 9.12. The SMILES string of the molecule is CCN(C(=O)OC(C)(C)C)[C@]1(c2ccc(Br)cc2)CCC[C@@]1(CC=O)C(=O)O. The van der Waals surface area contributed by atoms with Gasteiger partial charge in [-0.15, -0.1) is 0 Å². The maximum absolute atomic E-state index is 13.2. The molecule has 7 heteroatoms. The van der Waals surface area contributed by atoms with Gasteiger partial charge in [0.15, 0.2) is 0 Å². The molecule has 1 fully saturated rings. The molecule has 1 aliphatic carbocycles. The van der Waals surface area contributed by atoms with Crippen molar-refractivity contribution in [1.82, 2.24) is 4.90 Å². The molecule has 2 atom stereocenters. The smallest absolute Gasteiger partial charge is 0.411 e. The fraction of sp³-hybridized carbons (Fsp3) is 0.571. The minimum absolute atomic E-state index is 0.169. The number of carbonyl (C=O) groups excluding carboxylic acids is 2. The molecule has 1 N–H and O–H groups in total. The van der Waals surface area contributed by atoms with E-state index in [1.807, 2.05) is 24.3 Å². The van der Waals surface area contributed by atoms with E-state index in [2.05, 4.69) is 15.9 Å². The first-order valence-corrected chi connectivity index (χ1v) is 10.3. The summed E-state index contributed by atoms with van der Waals surface area (Å²) in [5.74, 6) is -1.07. The van der Waals surface area contributed by atoms with E-state index in [0.717, 1.165) is 4.47 Å². The lowest BCUT2D eigenvalue weighted by Gasteiger charge is -2.50. The number of benzene rings is 1. The van der Waals surface area contributed by atoms with Crippen LogP contribution in [0.1, 0.15) is 58.9 Å². The Bertz CT molecular complexity index is 742. The summed E-state index contributed by atoms with van der Waals surface area (Å²) in [6.07, 6.45) is 1.26. The number of rotatable bonds is 6. The Morgan fingerprint density at radius 1 is 1.25 bits per heavy atom. The van der Waals surface area contributed by atoms with Crippen molar-refractivity contribution in [1.29, 1.82) is 0 Å². The van der Waals surface area contributed by atoms with Gasteiger partial charge in [0.2, 0.25) is 0 Å². The maximum atomic E-state index is 13.2. The van der Waals surface area contributed by atoms with Crippen LogP contribution < -0.4 is 0 Å². The van der Waals surface area contributed by atoms with E-state index in [1.54, 1.807) is 27.7 Å². The van der Waals surface area contributed by atoms with Gasteiger partial charge in [0.25, 0.3) is 0 Å². The highest BCUT2D eigenvalue weighted by atomic mass is 79.9. The molecule has 1 aliphatic rings. The van der Waals surface area contributed by atoms with Crippen molar-refractivity contribution >= 4 is 34.3 Å². The van der Waals surface area contributed by atoms with Crippen LogP contribution >= 0.6 is 15.9 Å². The minimum Gasteiger partial charge on any atom is -0.481 e. The zero-order valence-corrected chi connectivity index (χ0v) is 18.4. The van der Waals surface area contributed by atoms with E-state index in [0.29, 0.717) is 31.1 Å². The number of aldehydes is 1. The number of aliphatic carboxylic acids is 1. The van der Waals surface area contributed by atoms with Crippen LogP contribution in [-0.2, 0) is 19.9 Å². The Balaban J connectivity index is 2.75. The average Bonchev–Trinajstić information content (AvgIpc) is 2.96. The first-order valence-electron chi connectivity index (χ1n) is 9.48. The Morgan fingerprint density at radius 2 is 1.86 bits per heavy atom. The van der Waals surface area contributed by atoms with Crippen molar-refractivity contribution in [2.75, 3.05) is 6.54 Å². The molecule has 0 unspecified atom stereocenters. The number of hydrogen-bond acceptors (Lipinski definition) is 4. The van der Waals surface area contributed by atoms with E-state index in [-0.39, 0.29) is 13.0 Å². The van der Waals surface area contributed by atoms with E-state index in [1.165, 1.54) is 4.90 Å². The Hall–Kier alpha value is -1.89. The number of carbonyl (C=O) groups is 3. The molecule has 2 rings (SSSR count). The van der Waals surface area contributed by atoms with E-state index in [9.17, 15) is 19.5 Å². The summed E-state index contributed by atoms with van der Waals surface area (Å²) in [6.45, 7) is 7.38. The van der Waals surface area contributed by atoms with Gasteiger partial charge in [0, 0.05) is 17.4 Å². The highest BCUT2D eigenvalue weighted by molar-refractivity contribution is 9.10. The van der Waals surface area contributed by atoms with Gasteiger partial charge in [0.05, 0.1) is 5.54 Å². The molecule has 154 valence electrons. The molecular formula is C21H28BrNO5. The molecule has 1 aromatic rings. The van der Waals surface area contributed by atoms with Crippen LogP contribution in [0.15, 0.2) is 28.7 Å². The predicted molar refractivity (Wildman–Crippen MR) is 109 cm³/mol. The summed E-state index contributed by atoms with van der Waals surface area (Å²) in [6, 6.07) is 7.30. The first-order chi connectivity index (χ1) is 13.0. The van der Waals surface area contributed by atoms with Gasteiger partial charge in [0.1, 0.15) is 17.3 Å². The van der Waals surface area contributed by atoms with Crippen molar-refractivity contribution < 1.29 is 24.2 Å². The van der Waals surface area contributed by atoms with Crippen LogP contribution in [0.4, 0.5) is 4.79 Å². The molecule has 0 spiro atoms. The predicted octanol–water partition coefficient (Wildman–Crippen LogP) is 4.75. The average molecular weight is 454 g/mol. The fourth-order valence-electron chi connectivity index (χ4n) is 4.44. The quantitative estimate of drug-likeness (QED) is 0.628. The number of hydrogen-bond donors (Lipinski definition) is 1. The molecule has 1 aromatic carbocycles. The summed E-state index contributed by atoms with van der Waals surface area (Å²) in [4.78, 5) is 38.8. The highest BCUT2D eigenvalue weighted by Gasteiger charge is 2.64. The second-order valence-electron chi connectivity index (χ2n) is 8.20. The summed E-state index contributed by atoms with van der Waals surface area (Å²) in [5.41, 5.74) is -2.60. The van der Waals surface area contributed by atoms with Gasteiger partial charge >= 0.3 is 12.1 Å². The zero-order chi connectivity index (χ0) is 21.2. The molecule has 0 saturated heterocycles. The third-order valence-corrected chi connectivity index (χ3v) is 6.02. The third kappa shape index (κ3) is 3.81. The Labute approximate surface area is 174 Å². The number of ether oxygens (including phenoxy) is 1. The molecule has 0 aliphatic heterocycles. The van der Waals surface area contributed by atoms with Crippen molar-refractivity contribution in [2.45, 2.75) is 64.5 Å². The lowest BCUT2D eigenvalue weighted by Crippen LogP contribution is -2.60. The lowest BCUT2D eigenvalue weighted by molar-refractivity contribution is -0.160. The standard InChI is InChI=1S/C21H28BrNO5/c1-5-23(18(27)28-19(2,3)4)21(15-7-9-16(22)10-8-15)12-6-11-20(21,13-14-24)17(25)26/h7-10,14H,5-6,11-13H2,1-4H3,(H,25,26)/t20-,21+/m1/s1. The van der Waals surface area contributed by atoms with Gasteiger partial charge < -0.3 is 14.6 Å². The van der Waals surface area contributed by atoms with Crippen LogP contribution in [-0.4, -0.2) is 40.5 Å². The normalized spacial score (nSPS) is 24.6. The van der Waals surface area contributed by atoms with Crippen LogP contribution in [0.25, 0.3) is 0 Å². The number of nitrogens with zero attached hydrogens (tertiary/aromatic N) is 1. The summed E-state index contributed by atoms with van der Waals surface area (Å²) < 4.78 is 6.47. The topological polar surface area (TPSA) is 83.9 Å². The fourth-order valence-corrected chi connectivity index (χ4v) is 4.71. The Morgan fingerprint density at radius 3 is 2.32 bits per heavy atom. The molecule has 0 bridgehead atoms. The molecule has 0 aromatic heterocycles. The minimum atomic E-state index is -1.41. The molecule has 6 nitrogen and oxygen atoms in total. The monoisotopic (exact) mass is 453 g/mol. The van der Waals surface area contributed by atoms with Crippen molar-refractivity contribution in [3.63, 3.8) is 0 Å². The molecular weight excluding hydrogens is 426 g/mol. The Kier molecular flexibility index (Phi) is 6.58. The first kappa shape index (κ1) is 22.4. The highest BCUT2D eigenvalue weighted by Crippen LogP contribution is 2.58. The number of halogens is 1. The van der Waals surface area contributed by atoms with Crippen molar-refractivity contribution in [2.24, 2.45) is 5.41 Å². The van der Waals surface area contributed by atoms with Crippen LogP contribution in [0.2, 0.25) is 0 Å². The number of carboxylic acid groups (broad SMARTS) is 1. The molecule has 28 heavy (non-hydrogen) atoms. The molecule has 1 amide bonds. The van der Waals surface area contributed by atoms with Crippen LogP contribution in [0.5, 0.6) is 0 Å². The lowest BCUT2D eigenvalue weighted by atomic mass is 9.65. The number of carboxylic acids is 1. The van der Waals surface area contributed by atoms with Gasteiger partial charge in [-0.2, -0.15) is 0 Å². The number of amides is 1.